The second kappa shape index (κ2) is 39.1. The van der Waals surface area contributed by atoms with E-state index < -0.39 is 6.10 Å². The van der Waals surface area contributed by atoms with Crippen molar-refractivity contribution >= 4 is 11.9 Å². The van der Waals surface area contributed by atoms with Crippen LogP contribution >= 0.6 is 0 Å². The number of rotatable bonds is 40. The highest BCUT2D eigenvalue weighted by Crippen LogP contribution is 2.17. The normalized spacial score (nSPS) is 12.2. The van der Waals surface area contributed by atoms with Crippen LogP contribution in [0, 0.1) is 11.8 Å². The number of aliphatic hydroxyl groups excluding tert-OH is 1. The molecule has 0 aromatic rings. The standard InChI is InChI=1S/C45H88O5/c1-41(2)35-31-27-23-19-15-11-9-7-5-6-8-10-12-17-21-25-29-33-37-44(47)49-39-43(46)40-50-45(48)38-34-30-26-22-18-14-13-16-20-24-28-32-36-42(3)4/h41-43,46H,5-40H2,1-4H3/t43-/m1/s1. The van der Waals surface area contributed by atoms with Gasteiger partial charge in [-0.25, -0.2) is 0 Å². The van der Waals surface area contributed by atoms with Crippen LogP contribution in [0.3, 0.4) is 0 Å². The van der Waals surface area contributed by atoms with Gasteiger partial charge in [-0.3, -0.25) is 9.59 Å². The minimum Gasteiger partial charge on any atom is -0.463 e. The topological polar surface area (TPSA) is 72.8 Å². The molecule has 0 unspecified atom stereocenters. The first-order chi connectivity index (χ1) is 24.3. The number of esters is 2. The summed E-state index contributed by atoms with van der Waals surface area (Å²) in [5.74, 6) is 1.16. The highest BCUT2D eigenvalue weighted by Gasteiger charge is 2.12. The molecule has 0 amide bonds. The summed E-state index contributed by atoms with van der Waals surface area (Å²) in [7, 11) is 0. The number of unbranched alkanes of at least 4 members (excludes halogenated alkanes) is 28. The molecule has 0 heterocycles. The van der Waals surface area contributed by atoms with Crippen molar-refractivity contribution in [2.45, 2.75) is 252 Å². The van der Waals surface area contributed by atoms with Crippen LogP contribution in [0.2, 0.25) is 0 Å². The third-order valence-electron chi connectivity index (χ3n) is 10.2. The Bertz CT molecular complexity index is 706. The molecule has 0 aliphatic rings. The van der Waals surface area contributed by atoms with Crippen molar-refractivity contribution in [2.75, 3.05) is 13.2 Å². The molecular weight excluding hydrogens is 620 g/mol. The van der Waals surface area contributed by atoms with E-state index in [9.17, 15) is 14.7 Å². The van der Waals surface area contributed by atoms with Crippen molar-refractivity contribution in [3.8, 4) is 0 Å². The maximum atomic E-state index is 12.0. The van der Waals surface area contributed by atoms with E-state index in [0.29, 0.717) is 12.8 Å². The zero-order chi connectivity index (χ0) is 36.8. The van der Waals surface area contributed by atoms with Gasteiger partial charge in [-0.15, -0.1) is 0 Å². The number of hydrogen-bond acceptors (Lipinski definition) is 5. The van der Waals surface area contributed by atoms with E-state index in [1.165, 1.54) is 180 Å². The van der Waals surface area contributed by atoms with Crippen molar-refractivity contribution in [3.05, 3.63) is 0 Å². The first-order valence-electron chi connectivity index (χ1n) is 22.3. The molecular formula is C45H88O5. The minimum atomic E-state index is -0.956. The summed E-state index contributed by atoms with van der Waals surface area (Å²) < 4.78 is 10.4. The van der Waals surface area contributed by atoms with Crippen molar-refractivity contribution < 1.29 is 24.2 Å². The molecule has 0 fully saturated rings. The molecule has 1 N–H and O–H groups in total. The molecule has 5 heteroatoms. The molecule has 0 aromatic heterocycles. The molecule has 0 spiro atoms. The van der Waals surface area contributed by atoms with Crippen molar-refractivity contribution in [3.63, 3.8) is 0 Å². The Kier molecular flexibility index (Phi) is 38.3. The number of ether oxygens (including phenoxy) is 2. The van der Waals surface area contributed by atoms with E-state index in [4.69, 9.17) is 9.47 Å². The first kappa shape index (κ1) is 48.9. The molecule has 0 aliphatic carbocycles. The second-order valence-electron chi connectivity index (χ2n) is 16.5. The molecule has 0 bridgehead atoms. The van der Waals surface area contributed by atoms with E-state index >= 15 is 0 Å². The fourth-order valence-electron chi connectivity index (χ4n) is 6.81. The number of hydrogen-bond donors (Lipinski definition) is 1. The lowest BCUT2D eigenvalue weighted by molar-refractivity contribution is -0.152. The maximum absolute atomic E-state index is 12.0. The minimum absolute atomic E-state index is 0.108. The Labute approximate surface area is 312 Å². The number of carbonyl (C=O) groups is 2. The molecule has 0 rings (SSSR count). The van der Waals surface area contributed by atoms with Gasteiger partial charge in [-0.05, 0) is 24.7 Å². The summed E-state index contributed by atoms with van der Waals surface area (Å²) in [6.07, 6.45) is 41.7. The average molecular weight is 709 g/mol. The van der Waals surface area contributed by atoms with E-state index in [0.717, 1.165) is 37.5 Å². The van der Waals surface area contributed by atoms with Gasteiger partial charge in [0.1, 0.15) is 19.3 Å². The van der Waals surface area contributed by atoms with E-state index in [1.54, 1.807) is 0 Å². The van der Waals surface area contributed by atoms with Crippen LogP contribution < -0.4 is 0 Å². The summed E-state index contributed by atoms with van der Waals surface area (Å²) in [6.45, 7) is 9.06. The van der Waals surface area contributed by atoms with Gasteiger partial charge >= 0.3 is 11.9 Å². The molecule has 0 aliphatic heterocycles. The van der Waals surface area contributed by atoms with Crippen LogP contribution in [0.15, 0.2) is 0 Å². The van der Waals surface area contributed by atoms with Crippen molar-refractivity contribution in [2.24, 2.45) is 11.8 Å². The largest absolute Gasteiger partial charge is 0.463 e. The fraction of sp³-hybridized carbons (Fsp3) is 0.956. The summed E-state index contributed by atoms with van der Waals surface area (Å²) in [5, 5.41) is 10.0. The molecule has 0 saturated carbocycles. The lowest BCUT2D eigenvalue weighted by Crippen LogP contribution is -2.25. The van der Waals surface area contributed by atoms with Gasteiger partial charge in [0, 0.05) is 12.8 Å². The predicted octanol–water partition coefficient (Wildman–Crippen LogP) is 14.0. The fourth-order valence-corrected chi connectivity index (χ4v) is 6.81. The molecule has 0 aromatic carbocycles. The Balaban J connectivity index is 3.35. The van der Waals surface area contributed by atoms with Gasteiger partial charge < -0.3 is 14.6 Å². The van der Waals surface area contributed by atoms with Gasteiger partial charge in [0.15, 0.2) is 0 Å². The Morgan fingerprint density at radius 2 is 0.560 bits per heavy atom. The molecule has 1 atom stereocenters. The van der Waals surface area contributed by atoms with Gasteiger partial charge in [0.2, 0.25) is 0 Å². The lowest BCUT2D eigenvalue weighted by Gasteiger charge is -2.12. The zero-order valence-electron chi connectivity index (χ0n) is 34.3. The molecule has 0 radical (unpaired) electrons. The molecule has 50 heavy (non-hydrogen) atoms. The summed E-state index contributed by atoms with van der Waals surface area (Å²) >= 11 is 0. The van der Waals surface area contributed by atoms with Gasteiger partial charge in [-0.2, -0.15) is 0 Å². The second-order valence-corrected chi connectivity index (χ2v) is 16.5. The third kappa shape index (κ3) is 41.3. The Hall–Kier alpha value is -1.10. The highest BCUT2D eigenvalue weighted by molar-refractivity contribution is 5.69. The number of aliphatic hydroxyl groups is 1. The molecule has 0 saturated heterocycles. The number of carbonyl (C=O) groups excluding carboxylic acids is 2. The lowest BCUT2D eigenvalue weighted by atomic mass is 10.0. The van der Waals surface area contributed by atoms with Gasteiger partial charge in [-0.1, -0.05) is 220 Å². The highest BCUT2D eigenvalue weighted by atomic mass is 16.6. The van der Waals surface area contributed by atoms with E-state index in [-0.39, 0.29) is 25.2 Å². The van der Waals surface area contributed by atoms with Crippen LogP contribution in [0.25, 0.3) is 0 Å². The average Bonchev–Trinajstić information content (AvgIpc) is 3.08. The predicted molar refractivity (Wildman–Crippen MR) is 215 cm³/mol. The third-order valence-corrected chi connectivity index (χ3v) is 10.2. The van der Waals surface area contributed by atoms with Gasteiger partial charge in [0.25, 0.3) is 0 Å². The van der Waals surface area contributed by atoms with Crippen molar-refractivity contribution in [1.29, 1.82) is 0 Å². The smallest absolute Gasteiger partial charge is 0.305 e. The van der Waals surface area contributed by atoms with Crippen LogP contribution in [0.1, 0.15) is 246 Å². The monoisotopic (exact) mass is 709 g/mol. The maximum Gasteiger partial charge on any atom is 0.305 e. The van der Waals surface area contributed by atoms with E-state index in [2.05, 4.69) is 27.7 Å². The zero-order valence-corrected chi connectivity index (χ0v) is 34.3. The Morgan fingerprint density at radius 3 is 0.780 bits per heavy atom. The van der Waals surface area contributed by atoms with Crippen LogP contribution in [0.4, 0.5) is 0 Å². The van der Waals surface area contributed by atoms with Crippen LogP contribution in [0.5, 0.6) is 0 Å². The van der Waals surface area contributed by atoms with Gasteiger partial charge in [0.05, 0.1) is 0 Å². The first-order valence-corrected chi connectivity index (χ1v) is 22.3. The SMILES string of the molecule is CC(C)CCCCCCCCCCCCCCCCCCCCC(=O)OC[C@@H](O)COC(=O)CCCCCCCCCCCCCCC(C)C. The van der Waals surface area contributed by atoms with Crippen LogP contribution in [-0.4, -0.2) is 36.4 Å². The summed E-state index contributed by atoms with van der Waals surface area (Å²) in [5.41, 5.74) is 0. The van der Waals surface area contributed by atoms with E-state index in [1.807, 2.05) is 0 Å². The van der Waals surface area contributed by atoms with Crippen LogP contribution in [-0.2, 0) is 19.1 Å². The Morgan fingerprint density at radius 1 is 0.360 bits per heavy atom. The molecule has 298 valence electrons. The summed E-state index contributed by atoms with van der Waals surface area (Å²) in [4.78, 5) is 24.0. The quantitative estimate of drug-likeness (QED) is 0.0507. The summed E-state index contributed by atoms with van der Waals surface area (Å²) in [6, 6.07) is 0. The molecule has 5 nitrogen and oxygen atoms in total. The van der Waals surface area contributed by atoms with Crippen molar-refractivity contribution in [1.82, 2.24) is 0 Å².